The molecule has 1 unspecified atom stereocenters. The molecule has 1 atom stereocenters. The summed E-state index contributed by atoms with van der Waals surface area (Å²) in [7, 11) is 1.57. The number of benzene rings is 1. The minimum absolute atomic E-state index is 0.396. The Morgan fingerprint density at radius 2 is 2.00 bits per heavy atom. The average molecular weight is 382 g/mol. The van der Waals surface area contributed by atoms with E-state index in [1.807, 2.05) is 6.92 Å². The Kier molecular flexibility index (Phi) is 5.04. The highest BCUT2D eigenvalue weighted by Gasteiger charge is 2.49. The summed E-state index contributed by atoms with van der Waals surface area (Å²) in [5.41, 5.74) is 0.985. The Hall–Kier alpha value is -3.42. The number of amides is 4. The van der Waals surface area contributed by atoms with E-state index in [-0.39, 0.29) is 0 Å². The molecule has 8 nitrogen and oxygen atoms in total. The molecule has 1 aromatic heterocycles. The van der Waals surface area contributed by atoms with Crippen LogP contribution in [0.25, 0.3) is 0 Å². The molecule has 0 bridgehead atoms. The largest absolute Gasteiger partial charge is 0.496 e. The monoisotopic (exact) mass is 382 g/mol. The van der Waals surface area contributed by atoms with Gasteiger partial charge in [0.1, 0.15) is 23.7 Å². The van der Waals surface area contributed by atoms with Crippen LogP contribution in [0.3, 0.4) is 0 Å². The van der Waals surface area contributed by atoms with Gasteiger partial charge in [0.25, 0.3) is 5.91 Å². The van der Waals surface area contributed by atoms with Crippen molar-refractivity contribution in [2.75, 3.05) is 19.0 Å². The van der Waals surface area contributed by atoms with Crippen molar-refractivity contribution in [2.24, 2.45) is 0 Å². The number of carbonyl (C=O) groups excluding carboxylic acids is 3. The molecule has 1 aliphatic rings. The van der Waals surface area contributed by atoms with Gasteiger partial charge in [-0.1, -0.05) is 12.1 Å². The van der Waals surface area contributed by atoms with Crippen molar-refractivity contribution in [3.8, 4) is 5.75 Å². The summed E-state index contributed by atoms with van der Waals surface area (Å²) in [5, 5.41) is 5.32. The Morgan fingerprint density at radius 3 is 2.64 bits per heavy atom. The van der Waals surface area contributed by atoms with Gasteiger partial charge in [-0.15, -0.1) is 0 Å². The summed E-state index contributed by atoms with van der Waals surface area (Å²) in [6, 6.07) is 8.20. The van der Waals surface area contributed by atoms with Gasteiger partial charge in [0.2, 0.25) is 5.91 Å². The van der Waals surface area contributed by atoms with Crippen molar-refractivity contribution in [1.29, 1.82) is 0 Å². The lowest BCUT2D eigenvalue weighted by Crippen LogP contribution is -2.42. The smallest absolute Gasteiger partial charge is 0.325 e. The average Bonchev–Trinajstić information content (AvgIpc) is 2.87. The van der Waals surface area contributed by atoms with Crippen LogP contribution in [-0.4, -0.2) is 41.4 Å². The molecule has 0 aliphatic carbocycles. The number of nitrogens with zero attached hydrogens (tertiary/aromatic N) is 2. The molecular formula is C20H22N4O4. The SMILES string of the molecule is COc1ccc(C2(C)NC(=O)N(CC(=O)Nc3ncccc3C)C2=O)cc1C. The quantitative estimate of drug-likeness (QED) is 0.772. The number of nitrogens with one attached hydrogen (secondary N) is 2. The fourth-order valence-corrected chi connectivity index (χ4v) is 3.16. The predicted octanol–water partition coefficient (Wildman–Crippen LogP) is 2.11. The molecule has 2 aromatic rings. The van der Waals surface area contributed by atoms with E-state index in [9.17, 15) is 14.4 Å². The minimum Gasteiger partial charge on any atom is -0.496 e. The summed E-state index contributed by atoms with van der Waals surface area (Å²) in [5.74, 6) is 0.0922. The summed E-state index contributed by atoms with van der Waals surface area (Å²) in [6.07, 6.45) is 1.55. The molecule has 0 saturated carbocycles. The number of aromatic nitrogens is 1. The third-order valence-electron chi connectivity index (χ3n) is 4.82. The first-order chi connectivity index (χ1) is 13.3. The summed E-state index contributed by atoms with van der Waals surface area (Å²) < 4.78 is 5.24. The number of rotatable bonds is 5. The first-order valence-corrected chi connectivity index (χ1v) is 8.77. The molecular weight excluding hydrogens is 360 g/mol. The first kappa shape index (κ1) is 19.3. The van der Waals surface area contributed by atoms with Gasteiger partial charge in [0, 0.05) is 6.20 Å². The number of urea groups is 1. The number of carbonyl (C=O) groups is 3. The van der Waals surface area contributed by atoms with Gasteiger partial charge in [-0.2, -0.15) is 0 Å². The molecule has 146 valence electrons. The Labute approximate surface area is 162 Å². The van der Waals surface area contributed by atoms with E-state index in [0.717, 1.165) is 16.0 Å². The highest BCUT2D eigenvalue weighted by Crippen LogP contribution is 2.31. The predicted molar refractivity (Wildman–Crippen MR) is 103 cm³/mol. The lowest BCUT2D eigenvalue weighted by Gasteiger charge is -2.23. The molecule has 1 aromatic carbocycles. The van der Waals surface area contributed by atoms with Crippen LogP contribution in [0.2, 0.25) is 0 Å². The molecule has 0 radical (unpaired) electrons. The number of hydrogen-bond acceptors (Lipinski definition) is 5. The molecule has 4 amide bonds. The van der Waals surface area contributed by atoms with Crippen molar-refractivity contribution in [2.45, 2.75) is 26.3 Å². The summed E-state index contributed by atoms with van der Waals surface area (Å²) in [4.78, 5) is 42.7. The van der Waals surface area contributed by atoms with Gasteiger partial charge >= 0.3 is 6.03 Å². The number of anilines is 1. The zero-order chi connectivity index (χ0) is 20.5. The zero-order valence-electron chi connectivity index (χ0n) is 16.2. The zero-order valence-corrected chi connectivity index (χ0v) is 16.2. The minimum atomic E-state index is -1.25. The molecule has 1 aliphatic heterocycles. The van der Waals surface area contributed by atoms with Crippen LogP contribution in [0.4, 0.5) is 10.6 Å². The van der Waals surface area contributed by atoms with Crippen LogP contribution < -0.4 is 15.4 Å². The standard InChI is InChI=1S/C20H22N4O4/c1-12-6-5-9-21-17(12)22-16(25)11-24-18(26)20(3,23-19(24)27)14-7-8-15(28-4)13(2)10-14/h5-10H,11H2,1-4H3,(H,23,27)(H,21,22,25). The molecule has 1 fully saturated rings. The van der Waals surface area contributed by atoms with E-state index < -0.39 is 29.9 Å². The normalized spacial score (nSPS) is 18.8. The van der Waals surface area contributed by atoms with Gasteiger partial charge in [-0.3, -0.25) is 14.5 Å². The second-order valence-corrected chi connectivity index (χ2v) is 6.85. The van der Waals surface area contributed by atoms with Crippen molar-refractivity contribution < 1.29 is 19.1 Å². The van der Waals surface area contributed by atoms with Gasteiger partial charge < -0.3 is 15.4 Å². The molecule has 28 heavy (non-hydrogen) atoms. The highest BCUT2D eigenvalue weighted by molar-refractivity contribution is 6.10. The highest BCUT2D eigenvalue weighted by atomic mass is 16.5. The fourth-order valence-electron chi connectivity index (χ4n) is 3.16. The van der Waals surface area contributed by atoms with E-state index in [2.05, 4.69) is 15.6 Å². The van der Waals surface area contributed by atoms with Crippen LogP contribution in [0.1, 0.15) is 23.6 Å². The summed E-state index contributed by atoms with van der Waals surface area (Å²) >= 11 is 0. The molecule has 0 spiro atoms. The maximum atomic E-state index is 13.0. The molecule has 2 N–H and O–H groups in total. The van der Waals surface area contributed by atoms with E-state index in [1.54, 1.807) is 57.5 Å². The summed E-state index contributed by atoms with van der Waals surface area (Å²) in [6.45, 7) is 4.88. The van der Waals surface area contributed by atoms with Crippen molar-refractivity contribution in [3.05, 3.63) is 53.2 Å². The second-order valence-electron chi connectivity index (χ2n) is 6.85. The number of ether oxygens (including phenoxy) is 1. The van der Waals surface area contributed by atoms with E-state index >= 15 is 0 Å². The Bertz CT molecular complexity index is 959. The third-order valence-corrected chi connectivity index (χ3v) is 4.82. The van der Waals surface area contributed by atoms with Crippen LogP contribution in [0.15, 0.2) is 36.5 Å². The lowest BCUT2D eigenvalue weighted by atomic mass is 9.90. The second kappa shape index (κ2) is 7.30. The van der Waals surface area contributed by atoms with Gasteiger partial charge in [-0.25, -0.2) is 9.78 Å². The molecule has 3 rings (SSSR count). The van der Waals surface area contributed by atoms with Crippen molar-refractivity contribution in [3.63, 3.8) is 0 Å². The van der Waals surface area contributed by atoms with Crippen LogP contribution in [0.5, 0.6) is 5.75 Å². The van der Waals surface area contributed by atoms with Crippen LogP contribution >= 0.6 is 0 Å². The van der Waals surface area contributed by atoms with E-state index in [4.69, 9.17) is 4.74 Å². The number of hydrogen-bond donors (Lipinski definition) is 2. The van der Waals surface area contributed by atoms with Crippen molar-refractivity contribution >= 4 is 23.7 Å². The Morgan fingerprint density at radius 1 is 1.25 bits per heavy atom. The topological polar surface area (TPSA) is 101 Å². The Balaban J connectivity index is 1.78. The third kappa shape index (κ3) is 3.40. The number of pyridine rings is 1. The molecule has 1 saturated heterocycles. The first-order valence-electron chi connectivity index (χ1n) is 8.77. The maximum Gasteiger partial charge on any atom is 0.325 e. The van der Waals surface area contributed by atoms with Gasteiger partial charge in [0.15, 0.2) is 0 Å². The van der Waals surface area contributed by atoms with E-state index in [1.165, 1.54) is 0 Å². The van der Waals surface area contributed by atoms with Gasteiger partial charge in [0.05, 0.1) is 7.11 Å². The van der Waals surface area contributed by atoms with Crippen LogP contribution in [-0.2, 0) is 15.1 Å². The van der Waals surface area contributed by atoms with Crippen LogP contribution in [0, 0.1) is 13.8 Å². The number of methoxy groups -OCH3 is 1. The molecule has 2 heterocycles. The maximum absolute atomic E-state index is 13.0. The van der Waals surface area contributed by atoms with Crippen molar-refractivity contribution in [1.82, 2.24) is 15.2 Å². The lowest BCUT2D eigenvalue weighted by molar-refractivity contribution is -0.133. The molecule has 8 heteroatoms. The van der Waals surface area contributed by atoms with E-state index in [0.29, 0.717) is 17.1 Å². The fraction of sp³-hybridized carbons (Fsp3) is 0.300. The van der Waals surface area contributed by atoms with Gasteiger partial charge in [-0.05, 0) is 55.7 Å². The number of imide groups is 1. The number of aryl methyl sites for hydroxylation is 2.